The Balaban J connectivity index is 2.13. The second-order valence-electron chi connectivity index (χ2n) is 4.93. The fraction of sp³-hybridized carbons (Fsp3) is 0.727. The Morgan fingerprint density at radius 2 is 2.40 bits per heavy atom. The van der Waals surface area contributed by atoms with Crippen LogP contribution in [0.15, 0.2) is 11.1 Å². The highest BCUT2D eigenvalue weighted by molar-refractivity contribution is 7.89. The molecule has 114 valence electrons. The van der Waals surface area contributed by atoms with E-state index in [1.54, 1.807) is 6.92 Å². The van der Waals surface area contributed by atoms with Crippen LogP contribution in [0.4, 0.5) is 5.82 Å². The van der Waals surface area contributed by atoms with Crippen LogP contribution in [0.3, 0.4) is 0 Å². The molecule has 9 heteroatoms. The third kappa shape index (κ3) is 2.80. The number of ether oxygens (including phenoxy) is 1. The molecule has 0 aliphatic carbocycles. The van der Waals surface area contributed by atoms with E-state index in [9.17, 15) is 13.5 Å². The van der Waals surface area contributed by atoms with Crippen LogP contribution >= 0.6 is 0 Å². The number of anilines is 1. The van der Waals surface area contributed by atoms with Gasteiger partial charge < -0.3 is 15.6 Å². The van der Waals surface area contributed by atoms with Crippen LogP contribution in [0.25, 0.3) is 0 Å². The third-order valence-electron chi connectivity index (χ3n) is 3.60. The Labute approximate surface area is 118 Å². The lowest BCUT2D eigenvalue weighted by Crippen LogP contribution is -2.47. The molecule has 2 unspecified atom stereocenters. The molecule has 1 aliphatic rings. The zero-order valence-electron chi connectivity index (χ0n) is 11.5. The zero-order valence-corrected chi connectivity index (χ0v) is 12.4. The summed E-state index contributed by atoms with van der Waals surface area (Å²) in [6.45, 7) is 4.36. The zero-order chi connectivity index (χ0) is 15.0. The Morgan fingerprint density at radius 3 is 2.90 bits per heavy atom. The molecular formula is C11H20N4O4S. The largest absolute Gasteiger partial charge is 0.386 e. The van der Waals surface area contributed by atoms with E-state index in [1.807, 2.05) is 6.92 Å². The van der Waals surface area contributed by atoms with Gasteiger partial charge in [0.1, 0.15) is 10.5 Å². The van der Waals surface area contributed by atoms with E-state index >= 15 is 0 Å². The molecule has 2 atom stereocenters. The van der Waals surface area contributed by atoms with Crippen LogP contribution in [0.5, 0.6) is 0 Å². The first-order valence-corrected chi connectivity index (χ1v) is 7.93. The van der Waals surface area contributed by atoms with E-state index in [0.717, 1.165) is 0 Å². The molecule has 0 bridgehead atoms. The van der Waals surface area contributed by atoms with Gasteiger partial charge in [-0.1, -0.05) is 0 Å². The Morgan fingerprint density at radius 1 is 1.70 bits per heavy atom. The van der Waals surface area contributed by atoms with Crippen LogP contribution in [-0.2, 0) is 21.3 Å². The number of aliphatic hydroxyl groups is 1. The lowest BCUT2D eigenvalue weighted by atomic mass is 9.97. The second kappa shape index (κ2) is 5.32. The molecular weight excluding hydrogens is 284 g/mol. The molecule has 1 fully saturated rings. The van der Waals surface area contributed by atoms with E-state index in [0.29, 0.717) is 19.6 Å². The fourth-order valence-electron chi connectivity index (χ4n) is 2.09. The molecule has 0 saturated carbocycles. The van der Waals surface area contributed by atoms with Crippen LogP contribution < -0.4 is 10.5 Å². The predicted molar refractivity (Wildman–Crippen MR) is 72.5 cm³/mol. The van der Waals surface area contributed by atoms with E-state index in [4.69, 9.17) is 10.5 Å². The summed E-state index contributed by atoms with van der Waals surface area (Å²) >= 11 is 0. The molecule has 2 rings (SSSR count). The Bertz CT molecular complexity index is 585. The molecule has 0 radical (unpaired) electrons. The average Bonchev–Trinajstić information content (AvgIpc) is 2.92. The molecule has 0 amide bonds. The molecule has 1 aromatic rings. The van der Waals surface area contributed by atoms with Crippen molar-refractivity contribution in [3.05, 3.63) is 6.20 Å². The number of nitrogens with zero attached hydrogens (tertiary/aromatic N) is 2. The van der Waals surface area contributed by atoms with Gasteiger partial charge in [0.25, 0.3) is 0 Å². The monoisotopic (exact) mass is 304 g/mol. The number of sulfonamides is 1. The minimum Gasteiger partial charge on any atom is -0.386 e. The number of nitrogens with one attached hydrogen (secondary N) is 1. The molecule has 0 aromatic carbocycles. The summed E-state index contributed by atoms with van der Waals surface area (Å²) in [6, 6.07) is 0. The van der Waals surface area contributed by atoms with Gasteiger partial charge in [-0.15, -0.1) is 0 Å². The second-order valence-corrected chi connectivity index (χ2v) is 6.66. The van der Waals surface area contributed by atoms with Crippen molar-refractivity contribution >= 4 is 15.8 Å². The summed E-state index contributed by atoms with van der Waals surface area (Å²) < 4.78 is 33.5. The van der Waals surface area contributed by atoms with Crippen molar-refractivity contribution in [2.75, 3.05) is 18.9 Å². The van der Waals surface area contributed by atoms with Gasteiger partial charge in [0.15, 0.2) is 5.82 Å². The quantitative estimate of drug-likeness (QED) is 0.662. The van der Waals surface area contributed by atoms with Crippen LogP contribution in [0.1, 0.15) is 20.3 Å². The molecule has 0 spiro atoms. The number of hydrogen-bond acceptors (Lipinski definition) is 6. The van der Waals surface area contributed by atoms with Crippen molar-refractivity contribution in [3.8, 4) is 0 Å². The van der Waals surface area contributed by atoms with E-state index in [2.05, 4.69) is 9.82 Å². The molecule has 1 aliphatic heterocycles. The van der Waals surface area contributed by atoms with Gasteiger partial charge in [-0.3, -0.25) is 4.68 Å². The van der Waals surface area contributed by atoms with Crippen molar-refractivity contribution < 1.29 is 18.3 Å². The maximum Gasteiger partial charge on any atom is 0.245 e. The highest BCUT2D eigenvalue weighted by atomic mass is 32.2. The Kier molecular flexibility index (Phi) is 4.05. The number of aryl methyl sites for hydroxylation is 1. The van der Waals surface area contributed by atoms with Crippen molar-refractivity contribution in [1.82, 2.24) is 14.5 Å². The molecule has 1 aromatic heterocycles. The van der Waals surface area contributed by atoms with Gasteiger partial charge >= 0.3 is 0 Å². The number of nitrogens with two attached hydrogens (primary N) is 1. The van der Waals surface area contributed by atoms with Crippen molar-refractivity contribution in [2.24, 2.45) is 0 Å². The van der Waals surface area contributed by atoms with E-state index in [-0.39, 0.29) is 17.3 Å². The average molecular weight is 304 g/mol. The summed E-state index contributed by atoms with van der Waals surface area (Å²) in [5, 5.41) is 14.2. The molecule has 4 N–H and O–H groups in total. The summed E-state index contributed by atoms with van der Waals surface area (Å²) in [5.74, 6) is -0.0536. The van der Waals surface area contributed by atoms with Gasteiger partial charge in [0.2, 0.25) is 10.0 Å². The summed E-state index contributed by atoms with van der Waals surface area (Å²) in [5.41, 5.74) is 4.42. The number of aromatic nitrogens is 2. The van der Waals surface area contributed by atoms with E-state index in [1.165, 1.54) is 10.9 Å². The predicted octanol–water partition coefficient (Wildman–Crippen LogP) is -0.697. The van der Waals surface area contributed by atoms with Gasteiger partial charge in [0.05, 0.1) is 6.10 Å². The maximum atomic E-state index is 12.2. The fourth-order valence-corrected chi connectivity index (χ4v) is 3.26. The van der Waals surface area contributed by atoms with Gasteiger partial charge in [-0.2, -0.15) is 5.10 Å². The smallest absolute Gasteiger partial charge is 0.245 e. The van der Waals surface area contributed by atoms with Gasteiger partial charge in [-0.05, 0) is 13.8 Å². The number of nitrogen functional groups attached to an aromatic ring is 1. The Hall–Kier alpha value is -1.16. The third-order valence-corrected chi connectivity index (χ3v) is 5.01. The lowest BCUT2D eigenvalue weighted by Gasteiger charge is -2.25. The first-order chi connectivity index (χ1) is 9.28. The number of rotatable bonds is 5. The van der Waals surface area contributed by atoms with E-state index < -0.39 is 21.7 Å². The standard InChI is InChI=1S/C11H20N4O4S/c1-3-15-6-9(10(12)14-15)20(17,18)13-7-11(16)4-5-19-8(11)2/h6,8,13,16H,3-5,7H2,1-2H3,(H2,12,14). The molecule has 2 heterocycles. The van der Waals surface area contributed by atoms with Crippen LogP contribution in [0, 0.1) is 0 Å². The summed E-state index contributed by atoms with van der Waals surface area (Å²) in [6.07, 6.45) is 1.34. The lowest BCUT2D eigenvalue weighted by molar-refractivity contribution is -0.0228. The van der Waals surface area contributed by atoms with Crippen molar-refractivity contribution in [3.63, 3.8) is 0 Å². The van der Waals surface area contributed by atoms with Crippen LogP contribution in [0.2, 0.25) is 0 Å². The normalized spacial score (nSPS) is 27.1. The van der Waals surface area contributed by atoms with Crippen molar-refractivity contribution in [2.45, 2.75) is 43.4 Å². The SMILES string of the molecule is CCn1cc(S(=O)(=O)NCC2(O)CCOC2C)c(N)n1. The van der Waals surface area contributed by atoms with Gasteiger partial charge in [-0.25, -0.2) is 13.1 Å². The molecule has 20 heavy (non-hydrogen) atoms. The molecule has 1 saturated heterocycles. The summed E-state index contributed by atoms with van der Waals surface area (Å²) in [4.78, 5) is -0.0745. The highest BCUT2D eigenvalue weighted by Gasteiger charge is 2.40. The number of hydrogen-bond donors (Lipinski definition) is 3. The minimum absolute atomic E-state index is 0.0536. The first kappa shape index (κ1) is 15.2. The summed E-state index contributed by atoms with van der Waals surface area (Å²) in [7, 11) is -3.80. The maximum absolute atomic E-state index is 12.2. The topological polar surface area (TPSA) is 119 Å². The first-order valence-electron chi connectivity index (χ1n) is 6.45. The minimum atomic E-state index is -3.80. The van der Waals surface area contributed by atoms with Gasteiger partial charge in [0, 0.05) is 32.3 Å². The van der Waals surface area contributed by atoms with Crippen molar-refractivity contribution in [1.29, 1.82) is 0 Å². The highest BCUT2D eigenvalue weighted by Crippen LogP contribution is 2.25. The van der Waals surface area contributed by atoms with Crippen LogP contribution in [-0.4, -0.2) is 48.2 Å². The molecule has 8 nitrogen and oxygen atoms in total.